The van der Waals surface area contributed by atoms with Crippen LogP contribution >= 0.6 is 0 Å². The van der Waals surface area contributed by atoms with Gasteiger partial charge in [0.25, 0.3) is 0 Å². The van der Waals surface area contributed by atoms with Gasteiger partial charge in [0.05, 0.1) is 0 Å². The molecule has 1 fully saturated rings. The largest absolute Gasteiger partial charge is 0.335 e. The average Bonchev–Trinajstić information content (AvgIpc) is 2.78. The Balaban J connectivity index is 1.65. The van der Waals surface area contributed by atoms with Gasteiger partial charge in [0.15, 0.2) is 0 Å². The molecule has 3 rings (SSSR count). The lowest BCUT2D eigenvalue weighted by atomic mass is 9.77. The van der Waals surface area contributed by atoms with Crippen LogP contribution in [0.1, 0.15) is 88.7 Å². The zero-order valence-corrected chi connectivity index (χ0v) is 18.6. The SMILES string of the molecule is CCCC[C@H]1CC[C@H](c2ccc(-c3ccc(C(F)(F)C(F)(F)CCC)cc3)cc2)CC1. The standard InChI is InChI=1S/C27H34F4/c1-3-5-6-20-7-9-21(10-8-20)22-11-13-23(14-12-22)24-15-17-25(18-16-24)27(30,31)26(28,29)19-4-2/h11-18,20-21H,3-10,19H2,1-2H3/t20-,21-. The van der Waals surface area contributed by atoms with Crippen molar-refractivity contribution < 1.29 is 17.6 Å². The molecule has 4 heteroatoms. The van der Waals surface area contributed by atoms with Gasteiger partial charge in [0.1, 0.15) is 0 Å². The van der Waals surface area contributed by atoms with Crippen molar-refractivity contribution in [3.63, 3.8) is 0 Å². The molecule has 0 N–H and O–H groups in total. The van der Waals surface area contributed by atoms with Crippen molar-refractivity contribution >= 4 is 0 Å². The summed E-state index contributed by atoms with van der Waals surface area (Å²) in [6.45, 7) is 3.73. The van der Waals surface area contributed by atoms with Crippen molar-refractivity contribution in [3.05, 3.63) is 59.7 Å². The number of hydrogen-bond acceptors (Lipinski definition) is 0. The molecule has 0 nitrogen and oxygen atoms in total. The molecule has 0 unspecified atom stereocenters. The highest BCUT2D eigenvalue weighted by Crippen LogP contribution is 2.46. The minimum Gasteiger partial charge on any atom is -0.199 e. The Bertz CT molecular complexity index is 800. The Kier molecular flexibility index (Phi) is 7.82. The molecule has 0 amide bonds. The van der Waals surface area contributed by atoms with E-state index in [0.717, 1.165) is 29.2 Å². The van der Waals surface area contributed by atoms with E-state index in [4.69, 9.17) is 0 Å². The number of unbranched alkanes of at least 4 members (excludes halogenated alkanes) is 1. The molecule has 31 heavy (non-hydrogen) atoms. The van der Waals surface area contributed by atoms with Crippen molar-refractivity contribution in [1.29, 1.82) is 0 Å². The van der Waals surface area contributed by atoms with Crippen LogP contribution in [0.5, 0.6) is 0 Å². The number of alkyl halides is 4. The van der Waals surface area contributed by atoms with E-state index in [1.54, 1.807) is 0 Å². The highest BCUT2D eigenvalue weighted by molar-refractivity contribution is 5.64. The van der Waals surface area contributed by atoms with Gasteiger partial charge >= 0.3 is 11.8 Å². The van der Waals surface area contributed by atoms with Gasteiger partial charge in [-0.25, -0.2) is 0 Å². The second kappa shape index (κ2) is 10.2. The summed E-state index contributed by atoms with van der Waals surface area (Å²) >= 11 is 0. The Hall–Kier alpha value is -1.84. The van der Waals surface area contributed by atoms with Crippen LogP contribution in [0.3, 0.4) is 0 Å². The molecule has 0 aromatic heterocycles. The van der Waals surface area contributed by atoms with E-state index in [0.29, 0.717) is 5.92 Å². The molecule has 0 bridgehead atoms. The van der Waals surface area contributed by atoms with Crippen molar-refractivity contribution in [1.82, 2.24) is 0 Å². The van der Waals surface area contributed by atoms with Crippen LogP contribution in [0.2, 0.25) is 0 Å². The quantitative estimate of drug-likeness (QED) is 0.345. The first-order valence-electron chi connectivity index (χ1n) is 11.7. The van der Waals surface area contributed by atoms with E-state index >= 15 is 0 Å². The molecule has 1 aliphatic rings. The molecule has 0 atom stereocenters. The fourth-order valence-electron chi connectivity index (χ4n) is 4.78. The van der Waals surface area contributed by atoms with Crippen LogP contribution in [0.15, 0.2) is 48.5 Å². The predicted octanol–water partition coefficient (Wildman–Crippen LogP) is 9.34. The molecule has 2 aromatic carbocycles. The minimum atomic E-state index is -4.17. The summed E-state index contributed by atoms with van der Waals surface area (Å²) in [4.78, 5) is 0. The highest BCUT2D eigenvalue weighted by atomic mass is 19.3. The lowest BCUT2D eigenvalue weighted by Gasteiger charge is -2.29. The second-order valence-corrected chi connectivity index (χ2v) is 9.09. The summed E-state index contributed by atoms with van der Waals surface area (Å²) in [6, 6.07) is 13.6. The lowest BCUT2D eigenvalue weighted by Crippen LogP contribution is -2.37. The lowest BCUT2D eigenvalue weighted by molar-refractivity contribution is -0.219. The van der Waals surface area contributed by atoms with Gasteiger partial charge < -0.3 is 0 Å². The number of halogens is 4. The van der Waals surface area contributed by atoms with E-state index in [2.05, 4.69) is 19.1 Å². The van der Waals surface area contributed by atoms with Gasteiger partial charge in [-0.2, -0.15) is 17.6 Å². The molecule has 0 aliphatic heterocycles. The summed E-state index contributed by atoms with van der Waals surface area (Å²) in [5, 5.41) is 0. The molecule has 0 spiro atoms. The molecule has 170 valence electrons. The van der Waals surface area contributed by atoms with E-state index in [1.165, 1.54) is 69.6 Å². The van der Waals surface area contributed by atoms with Crippen molar-refractivity contribution in [2.45, 2.75) is 89.4 Å². The third-order valence-corrected chi connectivity index (χ3v) is 6.80. The first kappa shape index (κ1) is 23.8. The monoisotopic (exact) mass is 434 g/mol. The Morgan fingerprint density at radius 2 is 1.29 bits per heavy atom. The molecular weight excluding hydrogens is 400 g/mol. The van der Waals surface area contributed by atoms with Crippen molar-refractivity contribution in [3.8, 4) is 11.1 Å². The number of benzene rings is 2. The molecule has 0 radical (unpaired) electrons. The van der Waals surface area contributed by atoms with Crippen molar-refractivity contribution in [2.24, 2.45) is 5.92 Å². The van der Waals surface area contributed by atoms with Crippen LogP contribution in [0.4, 0.5) is 17.6 Å². The predicted molar refractivity (Wildman–Crippen MR) is 120 cm³/mol. The van der Waals surface area contributed by atoms with Gasteiger partial charge in [-0.1, -0.05) is 88.1 Å². The summed E-state index contributed by atoms with van der Waals surface area (Å²) in [7, 11) is 0. The Morgan fingerprint density at radius 3 is 1.81 bits per heavy atom. The topological polar surface area (TPSA) is 0 Å². The molecule has 0 saturated heterocycles. The van der Waals surface area contributed by atoms with E-state index in [-0.39, 0.29) is 6.42 Å². The molecule has 0 heterocycles. The molecule has 2 aromatic rings. The van der Waals surface area contributed by atoms with Gasteiger partial charge in [-0.15, -0.1) is 0 Å². The van der Waals surface area contributed by atoms with E-state index < -0.39 is 23.8 Å². The zero-order valence-electron chi connectivity index (χ0n) is 18.6. The summed E-state index contributed by atoms with van der Waals surface area (Å²) in [5.41, 5.74) is 2.37. The average molecular weight is 435 g/mol. The molecular formula is C27H34F4. The maximum Gasteiger partial charge on any atom is 0.335 e. The Morgan fingerprint density at radius 1 is 0.742 bits per heavy atom. The van der Waals surface area contributed by atoms with Crippen molar-refractivity contribution in [2.75, 3.05) is 0 Å². The third kappa shape index (κ3) is 5.51. The van der Waals surface area contributed by atoms with Crippen LogP contribution in [0, 0.1) is 5.92 Å². The highest BCUT2D eigenvalue weighted by Gasteiger charge is 2.56. The van der Waals surface area contributed by atoms with Gasteiger partial charge in [-0.3, -0.25) is 0 Å². The summed E-state index contributed by atoms with van der Waals surface area (Å²) < 4.78 is 56.3. The second-order valence-electron chi connectivity index (χ2n) is 9.09. The summed E-state index contributed by atoms with van der Waals surface area (Å²) in [5.74, 6) is -6.74. The fourth-order valence-corrected chi connectivity index (χ4v) is 4.78. The van der Waals surface area contributed by atoms with Gasteiger partial charge in [-0.05, 0) is 54.2 Å². The van der Waals surface area contributed by atoms with E-state index in [1.807, 2.05) is 12.1 Å². The summed E-state index contributed by atoms with van der Waals surface area (Å²) in [6.07, 6.45) is 8.16. The van der Waals surface area contributed by atoms with Crippen LogP contribution < -0.4 is 0 Å². The minimum absolute atomic E-state index is 0.00735. The first-order valence-corrected chi connectivity index (χ1v) is 11.7. The smallest absolute Gasteiger partial charge is 0.199 e. The fraction of sp³-hybridized carbons (Fsp3) is 0.556. The van der Waals surface area contributed by atoms with Crippen LogP contribution in [-0.4, -0.2) is 5.92 Å². The molecule has 1 aliphatic carbocycles. The van der Waals surface area contributed by atoms with Gasteiger partial charge in [0.2, 0.25) is 0 Å². The maximum atomic E-state index is 14.3. The first-order chi connectivity index (χ1) is 14.8. The third-order valence-electron chi connectivity index (χ3n) is 6.80. The van der Waals surface area contributed by atoms with Gasteiger partial charge in [0, 0.05) is 12.0 Å². The van der Waals surface area contributed by atoms with Crippen LogP contribution in [0.25, 0.3) is 11.1 Å². The zero-order chi connectivity index (χ0) is 22.5. The normalized spacial score (nSPS) is 20.1. The molecule has 1 saturated carbocycles. The number of rotatable bonds is 9. The van der Waals surface area contributed by atoms with E-state index in [9.17, 15) is 17.6 Å². The Labute approximate surface area is 184 Å². The number of hydrogen-bond donors (Lipinski definition) is 0. The van der Waals surface area contributed by atoms with Crippen LogP contribution in [-0.2, 0) is 5.92 Å². The maximum absolute atomic E-state index is 14.3.